The van der Waals surface area contributed by atoms with Crippen molar-refractivity contribution in [1.29, 1.82) is 0 Å². The Morgan fingerprint density at radius 2 is 1.95 bits per heavy atom. The smallest absolute Gasteiger partial charge is 0.317 e. The lowest BCUT2D eigenvalue weighted by Crippen LogP contribution is -2.43. The molecule has 2 unspecified atom stereocenters. The zero-order valence-corrected chi connectivity index (χ0v) is 10.3. The Labute approximate surface area is 113 Å². The summed E-state index contributed by atoms with van der Waals surface area (Å²) in [5.41, 5.74) is 0.697. The van der Waals surface area contributed by atoms with Gasteiger partial charge >= 0.3 is 12.1 Å². The lowest BCUT2D eigenvalue weighted by Gasteiger charge is -2.28. The lowest BCUT2D eigenvalue weighted by molar-refractivity contribution is -0.187. The molecule has 0 saturated carbocycles. The number of fused-ring (bicyclic) bond motifs is 1. The van der Waals surface area contributed by atoms with Gasteiger partial charge in [0, 0.05) is 6.42 Å². The lowest BCUT2D eigenvalue weighted by atomic mass is 10.1. The molecule has 1 amide bonds. The number of hydrogen-bond donors (Lipinski definition) is 0. The third-order valence-corrected chi connectivity index (χ3v) is 3.26. The van der Waals surface area contributed by atoms with E-state index in [9.17, 15) is 22.4 Å². The fourth-order valence-electron chi connectivity index (χ4n) is 2.43. The maximum absolute atomic E-state index is 13.9. The SMILES string of the molecule is C#CCN(C(=O)C(F)(F)F)C1CC(F)c2ccccc21. The van der Waals surface area contributed by atoms with Crippen molar-refractivity contribution in [2.75, 3.05) is 6.54 Å². The summed E-state index contributed by atoms with van der Waals surface area (Å²) in [6.07, 6.45) is -1.60. The molecule has 1 aliphatic carbocycles. The summed E-state index contributed by atoms with van der Waals surface area (Å²) in [5.74, 6) is -0.0117. The Kier molecular flexibility index (Phi) is 3.71. The van der Waals surface area contributed by atoms with E-state index in [0.29, 0.717) is 16.0 Å². The van der Waals surface area contributed by atoms with Gasteiger partial charge in [0.15, 0.2) is 0 Å². The molecule has 1 aromatic carbocycles. The monoisotopic (exact) mass is 285 g/mol. The predicted octanol–water partition coefficient (Wildman–Crippen LogP) is 3.17. The van der Waals surface area contributed by atoms with E-state index in [1.54, 1.807) is 12.1 Å². The summed E-state index contributed by atoms with van der Waals surface area (Å²) in [6.45, 7) is -0.510. The molecule has 2 rings (SSSR count). The van der Waals surface area contributed by atoms with E-state index in [1.807, 2.05) is 5.92 Å². The first-order valence-corrected chi connectivity index (χ1v) is 5.90. The van der Waals surface area contributed by atoms with Crippen molar-refractivity contribution in [3.05, 3.63) is 35.4 Å². The van der Waals surface area contributed by atoms with Crippen LogP contribution in [0.5, 0.6) is 0 Å². The Morgan fingerprint density at radius 3 is 2.50 bits per heavy atom. The van der Waals surface area contributed by atoms with Crippen molar-refractivity contribution in [1.82, 2.24) is 4.90 Å². The largest absolute Gasteiger partial charge is 0.471 e. The highest BCUT2D eigenvalue weighted by Gasteiger charge is 2.47. The quantitative estimate of drug-likeness (QED) is 0.604. The van der Waals surface area contributed by atoms with E-state index in [-0.39, 0.29) is 6.42 Å². The van der Waals surface area contributed by atoms with E-state index in [4.69, 9.17) is 6.42 Å². The van der Waals surface area contributed by atoms with Crippen LogP contribution in [-0.2, 0) is 4.79 Å². The van der Waals surface area contributed by atoms with Gasteiger partial charge in [-0.2, -0.15) is 13.2 Å². The Bertz CT molecular complexity index is 561. The van der Waals surface area contributed by atoms with Gasteiger partial charge in [-0.05, 0) is 11.1 Å². The molecular weight excluding hydrogens is 274 g/mol. The number of carbonyl (C=O) groups excluding carboxylic acids is 1. The highest BCUT2D eigenvalue weighted by atomic mass is 19.4. The minimum absolute atomic E-state index is 0.206. The highest BCUT2D eigenvalue weighted by Crippen LogP contribution is 2.44. The summed E-state index contributed by atoms with van der Waals surface area (Å²) in [7, 11) is 0. The molecule has 0 aliphatic heterocycles. The van der Waals surface area contributed by atoms with Crippen molar-refractivity contribution >= 4 is 5.91 Å². The number of hydrogen-bond acceptors (Lipinski definition) is 1. The van der Waals surface area contributed by atoms with Gasteiger partial charge in [-0.25, -0.2) is 4.39 Å². The molecule has 0 aromatic heterocycles. The molecule has 0 fully saturated rings. The minimum atomic E-state index is -5.03. The van der Waals surface area contributed by atoms with Crippen LogP contribution in [-0.4, -0.2) is 23.5 Å². The van der Waals surface area contributed by atoms with Crippen LogP contribution in [0.3, 0.4) is 0 Å². The number of benzene rings is 1. The number of carbonyl (C=O) groups is 1. The fraction of sp³-hybridized carbons (Fsp3) is 0.357. The van der Waals surface area contributed by atoms with Crippen LogP contribution in [0.1, 0.15) is 29.8 Å². The van der Waals surface area contributed by atoms with Gasteiger partial charge in [-0.3, -0.25) is 4.79 Å². The van der Waals surface area contributed by atoms with Crippen LogP contribution in [0.25, 0.3) is 0 Å². The summed E-state index contributed by atoms with van der Waals surface area (Å²) in [5, 5.41) is 0. The van der Waals surface area contributed by atoms with E-state index in [2.05, 4.69) is 0 Å². The van der Waals surface area contributed by atoms with Gasteiger partial charge in [0.25, 0.3) is 0 Å². The molecular formula is C14H11F4NO. The molecule has 1 aromatic rings. The second-order valence-electron chi connectivity index (χ2n) is 4.48. The fourth-order valence-corrected chi connectivity index (χ4v) is 2.43. The average molecular weight is 285 g/mol. The first kappa shape index (κ1) is 14.4. The van der Waals surface area contributed by atoms with Gasteiger partial charge in [-0.1, -0.05) is 30.2 Å². The third kappa shape index (κ3) is 2.48. The van der Waals surface area contributed by atoms with E-state index in [1.165, 1.54) is 12.1 Å². The van der Waals surface area contributed by atoms with Gasteiger partial charge in [0.1, 0.15) is 6.17 Å². The van der Waals surface area contributed by atoms with Gasteiger partial charge in [0.2, 0.25) is 0 Å². The molecule has 2 nitrogen and oxygen atoms in total. The second kappa shape index (κ2) is 5.16. The first-order valence-electron chi connectivity index (χ1n) is 5.90. The maximum Gasteiger partial charge on any atom is 0.471 e. The Hall–Kier alpha value is -2.03. The summed E-state index contributed by atoms with van der Waals surface area (Å²) in [4.78, 5) is 12.0. The molecule has 20 heavy (non-hydrogen) atoms. The first-order chi connectivity index (χ1) is 9.36. The summed E-state index contributed by atoms with van der Waals surface area (Å²) >= 11 is 0. The number of rotatable bonds is 2. The standard InChI is InChI=1S/C14H11F4NO/c1-2-7-19(13(20)14(16,17)18)12-8-11(15)9-5-3-4-6-10(9)12/h1,3-6,11-12H,7-8H2. The van der Waals surface area contributed by atoms with Gasteiger partial charge in [0.05, 0.1) is 12.6 Å². The number of halogens is 4. The number of terminal acetylenes is 1. The van der Waals surface area contributed by atoms with Crippen molar-refractivity contribution in [3.8, 4) is 12.3 Å². The Balaban J connectivity index is 2.38. The van der Waals surface area contributed by atoms with Gasteiger partial charge < -0.3 is 4.90 Å². The van der Waals surface area contributed by atoms with E-state index < -0.39 is 30.8 Å². The number of nitrogens with zero attached hydrogens (tertiary/aromatic N) is 1. The molecule has 1 aliphatic rings. The molecule has 0 bridgehead atoms. The van der Waals surface area contributed by atoms with Crippen LogP contribution in [0.2, 0.25) is 0 Å². The molecule has 0 spiro atoms. The zero-order valence-electron chi connectivity index (χ0n) is 10.3. The normalized spacial score (nSPS) is 21.1. The predicted molar refractivity (Wildman–Crippen MR) is 64.3 cm³/mol. The summed E-state index contributed by atoms with van der Waals surface area (Å²) in [6, 6.07) is 5.24. The Morgan fingerprint density at radius 1 is 1.35 bits per heavy atom. The van der Waals surface area contributed by atoms with Crippen LogP contribution in [0.4, 0.5) is 17.6 Å². The number of alkyl halides is 4. The van der Waals surface area contributed by atoms with Crippen LogP contribution in [0.15, 0.2) is 24.3 Å². The van der Waals surface area contributed by atoms with Crippen LogP contribution < -0.4 is 0 Å². The molecule has 6 heteroatoms. The molecule has 0 heterocycles. The van der Waals surface area contributed by atoms with Crippen molar-refractivity contribution in [2.24, 2.45) is 0 Å². The number of amides is 1. The molecule has 106 valence electrons. The molecule has 0 radical (unpaired) electrons. The average Bonchev–Trinajstić information content (AvgIpc) is 2.72. The maximum atomic E-state index is 13.9. The van der Waals surface area contributed by atoms with Gasteiger partial charge in [-0.15, -0.1) is 6.42 Å². The van der Waals surface area contributed by atoms with Crippen LogP contribution >= 0.6 is 0 Å². The van der Waals surface area contributed by atoms with E-state index >= 15 is 0 Å². The van der Waals surface area contributed by atoms with E-state index in [0.717, 1.165) is 0 Å². The summed E-state index contributed by atoms with van der Waals surface area (Å²) < 4.78 is 51.6. The third-order valence-electron chi connectivity index (χ3n) is 3.26. The van der Waals surface area contributed by atoms with Crippen molar-refractivity contribution in [3.63, 3.8) is 0 Å². The minimum Gasteiger partial charge on any atom is -0.317 e. The van der Waals surface area contributed by atoms with Crippen molar-refractivity contribution in [2.45, 2.75) is 24.8 Å². The topological polar surface area (TPSA) is 20.3 Å². The van der Waals surface area contributed by atoms with Crippen LogP contribution in [0, 0.1) is 12.3 Å². The second-order valence-corrected chi connectivity index (χ2v) is 4.48. The zero-order chi connectivity index (χ0) is 14.9. The van der Waals surface area contributed by atoms with Crippen molar-refractivity contribution < 1.29 is 22.4 Å². The molecule has 0 N–H and O–H groups in total. The molecule has 0 saturated heterocycles. The molecule has 2 atom stereocenters. The highest BCUT2D eigenvalue weighted by molar-refractivity contribution is 5.82.